The second kappa shape index (κ2) is 12.6. The van der Waals surface area contributed by atoms with Crippen LogP contribution in [0, 0.1) is 10.1 Å². The number of hydrogen-bond acceptors (Lipinski definition) is 7. The summed E-state index contributed by atoms with van der Waals surface area (Å²) in [5.41, 5.74) is 2.99. The molecule has 1 aliphatic heterocycles. The van der Waals surface area contributed by atoms with E-state index in [0.29, 0.717) is 47.3 Å². The highest BCUT2D eigenvalue weighted by Gasteiger charge is 2.35. The van der Waals surface area contributed by atoms with Gasteiger partial charge in [0.1, 0.15) is 6.61 Å². The Morgan fingerprint density at radius 3 is 2.38 bits per heavy atom. The van der Waals surface area contributed by atoms with Crippen LogP contribution >= 0.6 is 23.4 Å². The monoisotopic (exact) mass is 564 g/mol. The van der Waals surface area contributed by atoms with Gasteiger partial charge in [0, 0.05) is 22.7 Å². The fourth-order valence-corrected chi connectivity index (χ4v) is 4.89. The second-order valence-electron chi connectivity index (χ2n) is 8.54. The molecule has 0 aromatic heterocycles. The van der Waals surface area contributed by atoms with Crippen molar-refractivity contribution in [3.63, 3.8) is 0 Å². The fraction of sp³-hybridized carbons (Fsp3) is 0.172. The third-order valence-corrected chi connectivity index (χ3v) is 6.93. The van der Waals surface area contributed by atoms with E-state index in [-0.39, 0.29) is 17.1 Å². The molecule has 39 heavy (non-hydrogen) atoms. The summed E-state index contributed by atoms with van der Waals surface area (Å²) in [6.07, 6.45) is 3.90. The fourth-order valence-electron chi connectivity index (χ4n) is 3.93. The molecule has 1 fully saturated rings. The van der Waals surface area contributed by atoms with Crippen molar-refractivity contribution in [2.75, 3.05) is 6.61 Å². The van der Waals surface area contributed by atoms with Crippen molar-refractivity contribution in [3.05, 3.63) is 116 Å². The number of benzene rings is 3. The molecule has 1 heterocycles. The Kier molecular flexibility index (Phi) is 9.06. The molecule has 0 saturated carbocycles. The Bertz CT molecular complexity index is 1440. The van der Waals surface area contributed by atoms with Crippen molar-refractivity contribution in [3.8, 4) is 11.5 Å². The Hall–Kier alpha value is -4.08. The van der Waals surface area contributed by atoms with E-state index in [9.17, 15) is 19.7 Å². The molecule has 0 unspecified atom stereocenters. The molecule has 1 saturated heterocycles. The summed E-state index contributed by atoms with van der Waals surface area (Å²) in [6.45, 7) is 6.44. The van der Waals surface area contributed by atoms with Crippen molar-refractivity contribution >= 4 is 46.3 Å². The number of ether oxygens (including phenoxy) is 2. The van der Waals surface area contributed by atoms with E-state index >= 15 is 0 Å². The summed E-state index contributed by atoms with van der Waals surface area (Å²) in [5, 5.41) is 11.1. The van der Waals surface area contributed by atoms with Crippen molar-refractivity contribution in [1.82, 2.24) is 4.90 Å². The van der Waals surface area contributed by atoms with Crippen LogP contribution in [0.2, 0.25) is 5.02 Å². The lowest BCUT2D eigenvalue weighted by molar-refractivity contribution is -0.384. The quantitative estimate of drug-likeness (QED) is 0.105. The number of nitro groups is 1. The number of nitro benzene ring substituents is 1. The Morgan fingerprint density at radius 1 is 1.05 bits per heavy atom. The van der Waals surface area contributed by atoms with Crippen LogP contribution in [-0.4, -0.2) is 27.6 Å². The minimum atomic E-state index is -0.502. The van der Waals surface area contributed by atoms with Crippen LogP contribution in [0.3, 0.4) is 0 Å². The molecule has 10 heteroatoms. The van der Waals surface area contributed by atoms with E-state index in [1.165, 1.54) is 24.3 Å². The molecule has 1 aliphatic rings. The van der Waals surface area contributed by atoms with Crippen LogP contribution in [0.25, 0.3) is 6.08 Å². The van der Waals surface area contributed by atoms with Gasteiger partial charge in [-0.15, -0.1) is 6.58 Å². The Morgan fingerprint density at radius 2 is 1.74 bits per heavy atom. The van der Waals surface area contributed by atoms with Crippen LogP contribution < -0.4 is 9.47 Å². The summed E-state index contributed by atoms with van der Waals surface area (Å²) in [6, 6.07) is 16.8. The number of rotatable bonds is 11. The van der Waals surface area contributed by atoms with E-state index in [4.69, 9.17) is 21.1 Å². The van der Waals surface area contributed by atoms with Gasteiger partial charge in [-0.25, -0.2) is 0 Å². The molecular weight excluding hydrogens is 540 g/mol. The van der Waals surface area contributed by atoms with Crippen LogP contribution in [0.5, 0.6) is 11.5 Å². The second-order valence-corrected chi connectivity index (χ2v) is 9.97. The molecule has 8 nitrogen and oxygen atoms in total. The van der Waals surface area contributed by atoms with Crippen molar-refractivity contribution in [2.45, 2.75) is 26.5 Å². The summed E-state index contributed by atoms with van der Waals surface area (Å²) in [7, 11) is 0. The van der Waals surface area contributed by atoms with Gasteiger partial charge in [-0.05, 0) is 72.1 Å². The Balaban J connectivity index is 1.58. The van der Waals surface area contributed by atoms with Crippen molar-refractivity contribution < 1.29 is 24.0 Å². The van der Waals surface area contributed by atoms with Gasteiger partial charge in [0.15, 0.2) is 11.5 Å². The molecule has 0 N–H and O–H groups in total. The first-order valence-electron chi connectivity index (χ1n) is 12.1. The van der Waals surface area contributed by atoms with E-state index in [1.54, 1.807) is 30.4 Å². The maximum atomic E-state index is 13.1. The first kappa shape index (κ1) is 27.9. The van der Waals surface area contributed by atoms with Crippen LogP contribution in [-0.2, 0) is 24.4 Å². The highest BCUT2D eigenvalue weighted by atomic mass is 35.5. The van der Waals surface area contributed by atoms with E-state index in [2.05, 4.69) is 6.58 Å². The number of carbonyl (C=O) groups is 2. The van der Waals surface area contributed by atoms with E-state index in [1.807, 2.05) is 25.1 Å². The zero-order valence-corrected chi connectivity index (χ0v) is 22.7. The third kappa shape index (κ3) is 6.87. The van der Waals surface area contributed by atoms with Crippen molar-refractivity contribution in [2.24, 2.45) is 0 Å². The lowest BCUT2D eigenvalue weighted by atomic mass is 10.0. The van der Waals surface area contributed by atoms with Gasteiger partial charge in [0.05, 0.1) is 23.0 Å². The van der Waals surface area contributed by atoms with E-state index in [0.717, 1.165) is 27.8 Å². The molecule has 3 aromatic carbocycles. The molecule has 2 amide bonds. The lowest BCUT2D eigenvalue weighted by Gasteiger charge is -2.17. The molecule has 200 valence electrons. The standard InChI is InChI=1S/C29H25ClN2O6S/c1-3-5-22-14-21(15-25(37-4-2)27(22)38-18-20-6-10-23(30)11-7-20)16-26-28(33)31(29(34)39-26)17-19-8-12-24(13-9-19)32(35)36/h3,6-16H,1,4-5,17-18H2,2H3/b26-16-. The molecule has 0 atom stereocenters. The number of halogens is 1. The molecular formula is C29H25ClN2O6S. The number of thioether (sulfide) groups is 1. The van der Waals surface area contributed by atoms with E-state index < -0.39 is 16.1 Å². The molecule has 3 aromatic rings. The van der Waals surface area contributed by atoms with Crippen LogP contribution in [0.15, 0.2) is 78.2 Å². The summed E-state index contributed by atoms with van der Waals surface area (Å²) < 4.78 is 12.0. The van der Waals surface area contributed by atoms with Gasteiger partial charge in [-0.2, -0.15) is 0 Å². The van der Waals surface area contributed by atoms with Crippen LogP contribution in [0.1, 0.15) is 29.2 Å². The predicted octanol–water partition coefficient (Wildman–Crippen LogP) is 7.19. The number of non-ortho nitro benzene ring substituents is 1. The normalized spacial score (nSPS) is 14.1. The van der Waals surface area contributed by atoms with Gasteiger partial charge in [-0.3, -0.25) is 24.6 Å². The highest BCUT2D eigenvalue weighted by Crippen LogP contribution is 2.38. The average molecular weight is 565 g/mol. The third-order valence-electron chi connectivity index (χ3n) is 5.77. The summed E-state index contributed by atoms with van der Waals surface area (Å²) in [4.78, 5) is 37.5. The molecule has 4 rings (SSSR count). The minimum Gasteiger partial charge on any atom is -0.490 e. The Labute approximate surface area is 235 Å². The maximum Gasteiger partial charge on any atom is 0.293 e. The average Bonchev–Trinajstić information content (AvgIpc) is 3.17. The van der Waals surface area contributed by atoms with Gasteiger partial charge in [-0.1, -0.05) is 41.9 Å². The van der Waals surface area contributed by atoms with Crippen LogP contribution in [0.4, 0.5) is 10.5 Å². The SMILES string of the molecule is C=CCc1cc(/C=C2\SC(=O)N(Cc3ccc([N+](=O)[O-])cc3)C2=O)cc(OCC)c1OCc1ccc(Cl)cc1. The minimum absolute atomic E-state index is 0.0172. The molecule has 0 aliphatic carbocycles. The lowest BCUT2D eigenvalue weighted by Crippen LogP contribution is -2.27. The number of imide groups is 1. The summed E-state index contributed by atoms with van der Waals surface area (Å²) >= 11 is 6.83. The topological polar surface area (TPSA) is 99.0 Å². The predicted molar refractivity (Wildman–Crippen MR) is 152 cm³/mol. The van der Waals surface area contributed by atoms with Gasteiger partial charge >= 0.3 is 0 Å². The zero-order valence-electron chi connectivity index (χ0n) is 21.1. The molecule has 0 bridgehead atoms. The van der Waals surface area contributed by atoms with Gasteiger partial charge < -0.3 is 9.47 Å². The zero-order chi connectivity index (χ0) is 27.9. The summed E-state index contributed by atoms with van der Waals surface area (Å²) in [5.74, 6) is 0.659. The number of hydrogen-bond donors (Lipinski definition) is 0. The van der Waals surface area contributed by atoms with Gasteiger partial charge in [0.25, 0.3) is 16.8 Å². The number of nitrogens with zero attached hydrogens (tertiary/aromatic N) is 2. The molecule has 0 radical (unpaired) electrons. The largest absolute Gasteiger partial charge is 0.490 e. The first-order valence-corrected chi connectivity index (χ1v) is 13.2. The first-order chi connectivity index (χ1) is 18.8. The van der Waals surface area contributed by atoms with Crippen molar-refractivity contribution in [1.29, 1.82) is 0 Å². The number of allylic oxidation sites excluding steroid dienone is 1. The number of carbonyl (C=O) groups excluding carboxylic acids is 2. The molecule has 0 spiro atoms. The van der Waals surface area contributed by atoms with Gasteiger partial charge in [0.2, 0.25) is 0 Å². The maximum absolute atomic E-state index is 13.1. The number of amides is 2. The highest BCUT2D eigenvalue weighted by molar-refractivity contribution is 8.18. The smallest absolute Gasteiger partial charge is 0.293 e.